The van der Waals surface area contributed by atoms with E-state index >= 15 is 0 Å². The molecular formula is C16H21FN4. The Morgan fingerprint density at radius 3 is 2.57 bits per heavy atom. The Hall–Kier alpha value is -2.17. The molecule has 2 aromatic rings. The summed E-state index contributed by atoms with van der Waals surface area (Å²) in [6.45, 7) is 3.48. The van der Waals surface area contributed by atoms with Crippen molar-refractivity contribution >= 4 is 11.6 Å². The molecule has 0 saturated carbocycles. The van der Waals surface area contributed by atoms with Gasteiger partial charge in [-0.1, -0.05) is 38.0 Å². The molecule has 0 radical (unpaired) electrons. The van der Waals surface area contributed by atoms with Crippen LogP contribution < -0.4 is 10.6 Å². The lowest BCUT2D eigenvalue weighted by Crippen LogP contribution is -2.07. The highest BCUT2D eigenvalue weighted by atomic mass is 19.1. The van der Waals surface area contributed by atoms with E-state index in [2.05, 4.69) is 27.5 Å². The molecule has 4 nitrogen and oxygen atoms in total. The van der Waals surface area contributed by atoms with E-state index in [1.807, 2.05) is 12.1 Å². The third-order valence-electron chi connectivity index (χ3n) is 3.17. The molecule has 1 heterocycles. The van der Waals surface area contributed by atoms with Crippen LogP contribution in [0.15, 0.2) is 36.7 Å². The SMILES string of the molecule is CCCCCNc1cc(NCc2ccccc2F)ncn1. The lowest BCUT2D eigenvalue weighted by atomic mass is 10.2. The summed E-state index contributed by atoms with van der Waals surface area (Å²) in [5.74, 6) is 1.26. The molecule has 2 N–H and O–H groups in total. The number of halogens is 1. The van der Waals surface area contributed by atoms with Gasteiger partial charge in [-0.2, -0.15) is 0 Å². The minimum atomic E-state index is -0.211. The number of rotatable bonds is 8. The van der Waals surface area contributed by atoms with Crippen molar-refractivity contribution in [2.45, 2.75) is 32.7 Å². The summed E-state index contributed by atoms with van der Waals surface area (Å²) in [6.07, 6.45) is 5.03. The van der Waals surface area contributed by atoms with Crippen LogP contribution in [0.25, 0.3) is 0 Å². The molecule has 1 aromatic carbocycles. The number of hydrogen-bond acceptors (Lipinski definition) is 4. The van der Waals surface area contributed by atoms with Gasteiger partial charge in [0.25, 0.3) is 0 Å². The van der Waals surface area contributed by atoms with Crippen molar-refractivity contribution in [1.29, 1.82) is 0 Å². The Balaban J connectivity index is 1.87. The molecule has 0 aliphatic heterocycles. The van der Waals surface area contributed by atoms with Gasteiger partial charge in [-0.25, -0.2) is 14.4 Å². The largest absolute Gasteiger partial charge is 0.370 e. The highest BCUT2D eigenvalue weighted by Crippen LogP contribution is 2.12. The smallest absolute Gasteiger partial charge is 0.131 e. The summed E-state index contributed by atoms with van der Waals surface area (Å²) in [7, 11) is 0. The van der Waals surface area contributed by atoms with Crippen LogP contribution in [-0.2, 0) is 6.54 Å². The fourth-order valence-corrected chi connectivity index (χ4v) is 1.97. The lowest BCUT2D eigenvalue weighted by Gasteiger charge is -2.09. The van der Waals surface area contributed by atoms with Gasteiger partial charge in [0.2, 0.25) is 0 Å². The summed E-state index contributed by atoms with van der Waals surface area (Å²) < 4.78 is 13.5. The molecule has 0 aliphatic carbocycles. The van der Waals surface area contributed by atoms with Crippen LogP contribution in [0.3, 0.4) is 0 Å². The number of nitrogens with one attached hydrogen (secondary N) is 2. The van der Waals surface area contributed by atoms with E-state index < -0.39 is 0 Å². The summed E-state index contributed by atoms with van der Waals surface area (Å²) in [5, 5.41) is 6.38. The Bertz CT molecular complexity index is 559. The maximum atomic E-state index is 13.5. The summed E-state index contributed by atoms with van der Waals surface area (Å²) >= 11 is 0. The van der Waals surface area contributed by atoms with Gasteiger partial charge >= 0.3 is 0 Å². The van der Waals surface area contributed by atoms with E-state index in [0.29, 0.717) is 17.9 Å². The predicted molar refractivity (Wildman–Crippen MR) is 83.8 cm³/mol. The van der Waals surface area contributed by atoms with Crippen LogP contribution in [0.2, 0.25) is 0 Å². The molecule has 1 aromatic heterocycles. The van der Waals surface area contributed by atoms with Crippen LogP contribution in [0.4, 0.5) is 16.0 Å². The maximum absolute atomic E-state index is 13.5. The Kier molecular flexibility index (Phi) is 5.94. The molecule has 112 valence electrons. The molecule has 0 bridgehead atoms. The van der Waals surface area contributed by atoms with Crippen molar-refractivity contribution in [2.75, 3.05) is 17.2 Å². The van der Waals surface area contributed by atoms with Crippen LogP contribution in [0.5, 0.6) is 0 Å². The molecule has 0 atom stereocenters. The monoisotopic (exact) mass is 288 g/mol. The molecule has 0 spiro atoms. The highest BCUT2D eigenvalue weighted by Gasteiger charge is 2.02. The first-order valence-corrected chi connectivity index (χ1v) is 7.33. The van der Waals surface area contributed by atoms with Gasteiger partial charge in [0.1, 0.15) is 23.8 Å². The van der Waals surface area contributed by atoms with E-state index in [4.69, 9.17) is 0 Å². The standard InChI is InChI=1S/C16H21FN4/c1-2-3-6-9-18-15-10-16(21-12-20-15)19-11-13-7-4-5-8-14(13)17/h4-5,7-8,10,12H,2-3,6,9,11H2,1H3,(H2,18,19,20,21). The first-order chi connectivity index (χ1) is 10.3. The second-order valence-corrected chi connectivity index (χ2v) is 4.87. The van der Waals surface area contributed by atoms with Gasteiger partial charge in [0.05, 0.1) is 0 Å². The van der Waals surface area contributed by atoms with Crippen molar-refractivity contribution < 1.29 is 4.39 Å². The first-order valence-electron chi connectivity index (χ1n) is 7.33. The van der Waals surface area contributed by atoms with Crippen molar-refractivity contribution in [1.82, 2.24) is 9.97 Å². The van der Waals surface area contributed by atoms with E-state index in [1.165, 1.54) is 25.2 Å². The number of aromatic nitrogens is 2. The Morgan fingerprint density at radius 2 is 1.81 bits per heavy atom. The van der Waals surface area contributed by atoms with E-state index in [1.54, 1.807) is 12.1 Å². The topological polar surface area (TPSA) is 49.8 Å². The quantitative estimate of drug-likeness (QED) is 0.725. The first kappa shape index (κ1) is 15.2. The fraction of sp³-hybridized carbons (Fsp3) is 0.375. The molecule has 0 fully saturated rings. The van der Waals surface area contributed by atoms with Crippen molar-refractivity contribution in [3.8, 4) is 0 Å². The number of unbranched alkanes of at least 4 members (excludes halogenated alkanes) is 2. The van der Waals surface area contributed by atoms with Crippen molar-refractivity contribution in [2.24, 2.45) is 0 Å². The average molecular weight is 288 g/mol. The van der Waals surface area contributed by atoms with E-state index in [9.17, 15) is 4.39 Å². The molecule has 21 heavy (non-hydrogen) atoms. The minimum absolute atomic E-state index is 0.211. The zero-order valence-electron chi connectivity index (χ0n) is 12.3. The summed E-state index contributed by atoms with van der Waals surface area (Å²) in [5.41, 5.74) is 0.619. The van der Waals surface area contributed by atoms with Gasteiger partial charge < -0.3 is 10.6 Å². The van der Waals surface area contributed by atoms with Crippen molar-refractivity contribution in [3.63, 3.8) is 0 Å². The third kappa shape index (κ3) is 5.02. The van der Waals surface area contributed by atoms with Gasteiger partial charge in [0, 0.05) is 24.7 Å². The van der Waals surface area contributed by atoms with E-state index in [-0.39, 0.29) is 5.82 Å². The molecule has 0 aliphatic rings. The number of benzene rings is 1. The molecule has 0 amide bonds. The van der Waals surface area contributed by atoms with E-state index in [0.717, 1.165) is 18.8 Å². The van der Waals surface area contributed by atoms with Gasteiger partial charge in [0.15, 0.2) is 0 Å². The molecule has 0 unspecified atom stereocenters. The van der Waals surface area contributed by atoms with Crippen LogP contribution >= 0.6 is 0 Å². The third-order valence-corrected chi connectivity index (χ3v) is 3.17. The van der Waals surface area contributed by atoms with Crippen LogP contribution in [0, 0.1) is 5.82 Å². The second-order valence-electron chi connectivity index (χ2n) is 4.87. The van der Waals surface area contributed by atoms with Gasteiger partial charge in [-0.05, 0) is 12.5 Å². The number of nitrogens with zero attached hydrogens (tertiary/aromatic N) is 2. The second kappa shape index (κ2) is 8.19. The Labute approximate surface area is 124 Å². The predicted octanol–water partition coefficient (Wildman–Crippen LogP) is 3.83. The van der Waals surface area contributed by atoms with Gasteiger partial charge in [-0.3, -0.25) is 0 Å². The molecule has 2 rings (SSSR count). The number of anilines is 2. The molecular weight excluding hydrogens is 267 g/mol. The average Bonchev–Trinajstić information content (AvgIpc) is 2.51. The molecule has 5 heteroatoms. The highest BCUT2D eigenvalue weighted by molar-refractivity contribution is 5.46. The zero-order valence-corrected chi connectivity index (χ0v) is 12.3. The normalized spacial score (nSPS) is 10.4. The maximum Gasteiger partial charge on any atom is 0.131 e. The molecule has 0 saturated heterocycles. The van der Waals surface area contributed by atoms with Crippen LogP contribution in [0.1, 0.15) is 31.7 Å². The summed E-state index contributed by atoms with van der Waals surface area (Å²) in [6, 6.07) is 8.56. The Morgan fingerprint density at radius 1 is 1.05 bits per heavy atom. The van der Waals surface area contributed by atoms with Gasteiger partial charge in [-0.15, -0.1) is 0 Å². The fourth-order valence-electron chi connectivity index (χ4n) is 1.97. The zero-order chi connectivity index (χ0) is 14.9. The summed E-state index contributed by atoms with van der Waals surface area (Å²) in [4.78, 5) is 8.32. The van der Waals surface area contributed by atoms with Crippen LogP contribution in [-0.4, -0.2) is 16.5 Å². The lowest BCUT2D eigenvalue weighted by molar-refractivity contribution is 0.613. The minimum Gasteiger partial charge on any atom is -0.370 e. The number of hydrogen-bond donors (Lipinski definition) is 2. The van der Waals surface area contributed by atoms with Crippen molar-refractivity contribution in [3.05, 3.63) is 48.0 Å².